The first-order valence-corrected chi connectivity index (χ1v) is 11.0. The molecule has 4 heterocycles. The molecule has 1 N–H and O–H groups in total. The van der Waals surface area contributed by atoms with E-state index in [-0.39, 0.29) is 17.8 Å². The number of nitrogens with zero attached hydrogens (tertiary/aromatic N) is 5. The zero-order chi connectivity index (χ0) is 21.5. The van der Waals surface area contributed by atoms with Gasteiger partial charge in [0.1, 0.15) is 5.82 Å². The van der Waals surface area contributed by atoms with Crippen LogP contribution in [0.15, 0.2) is 47.1 Å². The summed E-state index contributed by atoms with van der Waals surface area (Å²) < 4.78 is 6.78. The second-order valence-corrected chi connectivity index (χ2v) is 8.77. The van der Waals surface area contributed by atoms with Gasteiger partial charge in [-0.05, 0) is 31.5 Å². The maximum atomic E-state index is 12.6. The van der Waals surface area contributed by atoms with E-state index in [9.17, 15) is 9.90 Å². The van der Waals surface area contributed by atoms with E-state index in [1.165, 1.54) is 22.1 Å². The highest BCUT2D eigenvalue weighted by Crippen LogP contribution is 2.40. The van der Waals surface area contributed by atoms with Gasteiger partial charge in [-0.1, -0.05) is 41.2 Å². The smallest absolute Gasteiger partial charge is 0.289 e. The van der Waals surface area contributed by atoms with Crippen LogP contribution in [0.4, 0.5) is 0 Å². The number of aryl methyl sites for hydroxylation is 2. The fourth-order valence-corrected chi connectivity index (χ4v) is 5.30. The minimum atomic E-state index is -0.144. The molecule has 1 amide bonds. The summed E-state index contributed by atoms with van der Waals surface area (Å²) in [5, 5.41) is 15.3. The van der Waals surface area contributed by atoms with Gasteiger partial charge >= 0.3 is 0 Å². The Balaban J connectivity index is 1.46. The number of hydrogen-bond acceptors (Lipinski definition) is 7. The normalized spacial score (nSPS) is 16.1. The lowest BCUT2D eigenvalue weighted by molar-refractivity contribution is 0.0568. The van der Waals surface area contributed by atoms with Crippen LogP contribution in [0, 0.1) is 13.8 Å². The predicted octanol–water partition coefficient (Wildman–Crippen LogP) is 3.25. The zero-order valence-corrected chi connectivity index (χ0v) is 18.2. The van der Waals surface area contributed by atoms with E-state index in [0.29, 0.717) is 42.7 Å². The first-order chi connectivity index (χ1) is 15.0. The lowest BCUT2D eigenvalue weighted by Crippen LogP contribution is -2.49. The van der Waals surface area contributed by atoms with Crippen molar-refractivity contribution in [1.29, 1.82) is 0 Å². The van der Waals surface area contributed by atoms with Gasteiger partial charge in [0.05, 0.1) is 17.2 Å². The van der Waals surface area contributed by atoms with Gasteiger partial charge in [-0.3, -0.25) is 9.69 Å². The highest BCUT2D eigenvalue weighted by atomic mass is 32.1. The molecule has 8 nitrogen and oxygen atoms in total. The Labute approximate surface area is 183 Å². The van der Waals surface area contributed by atoms with Crippen LogP contribution in [0.5, 0.6) is 5.88 Å². The third kappa shape index (κ3) is 3.60. The topological polar surface area (TPSA) is 87.1 Å². The van der Waals surface area contributed by atoms with Crippen molar-refractivity contribution < 1.29 is 14.3 Å². The fraction of sp³-hybridized carbons (Fsp3) is 0.318. The number of aromatic nitrogens is 3. The highest BCUT2D eigenvalue weighted by molar-refractivity contribution is 7.17. The molecule has 5 rings (SSSR count). The molecule has 1 aliphatic rings. The standard InChI is InChI=1S/C22H23N5O3S/c1-14-5-3-6-16(13-14)18(19-21(29)27-22(31-19)23-15(2)24-27)25-8-10-26(11-9-25)20(28)17-7-4-12-30-17/h3-7,12-13,18,29H,8-11H2,1-2H3/t18-/m0/s1. The number of benzene rings is 1. The number of amides is 1. The van der Waals surface area contributed by atoms with Crippen molar-refractivity contribution >= 4 is 22.2 Å². The van der Waals surface area contributed by atoms with Gasteiger partial charge in [0.15, 0.2) is 5.76 Å². The molecule has 4 aromatic rings. The summed E-state index contributed by atoms with van der Waals surface area (Å²) >= 11 is 1.45. The molecule has 9 heteroatoms. The van der Waals surface area contributed by atoms with E-state index < -0.39 is 0 Å². The largest absolute Gasteiger partial charge is 0.492 e. The molecule has 3 aromatic heterocycles. The van der Waals surface area contributed by atoms with Gasteiger partial charge in [0.25, 0.3) is 5.91 Å². The van der Waals surface area contributed by atoms with Crippen LogP contribution in [0.2, 0.25) is 0 Å². The molecule has 1 aromatic carbocycles. The number of fused-ring (bicyclic) bond motifs is 1. The second kappa shape index (κ2) is 7.82. The van der Waals surface area contributed by atoms with Gasteiger partial charge in [0.2, 0.25) is 10.8 Å². The molecular formula is C22H23N5O3S. The van der Waals surface area contributed by atoms with Crippen LogP contribution in [-0.2, 0) is 0 Å². The van der Waals surface area contributed by atoms with Crippen molar-refractivity contribution in [2.45, 2.75) is 19.9 Å². The average molecular weight is 438 g/mol. The number of carbonyl (C=O) groups excluding carboxylic acids is 1. The van der Waals surface area contributed by atoms with E-state index in [1.54, 1.807) is 12.1 Å². The van der Waals surface area contributed by atoms with E-state index in [4.69, 9.17) is 4.42 Å². The fourth-order valence-electron chi connectivity index (χ4n) is 4.13. The van der Waals surface area contributed by atoms with Crippen molar-refractivity contribution in [3.8, 4) is 5.88 Å². The Morgan fingerprint density at radius 3 is 2.65 bits per heavy atom. The summed E-state index contributed by atoms with van der Waals surface area (Å²) in [6.45, 7) is 6.40. The molecule has 31 heavy (non-hydrogen) atoms. The monoisotopic (exact) mass is 437 g/mol. The van der Waals surface area contributed by atoms with Gasteiger partial charge in [-0.25, -0.2) is 4.98 Å². The van der Waals surface area contributed by atoms with Crippen molar-refractivity contribution in [2.24, 2.45) is 0 Å². The van der Waals surface area contributed by atoms with Crippen LogP contribution in [-0.4, -0.2) is 61.6 Å². The van der Waals surface area contributed by atoms with Gasteiger partial charge in [-0.15, -0.1) is 5.10 Å². The predicted molar refractivity (Wildman–Crippen MR) is 116 cm³/mol. The van der Waals surface area contributed by atoms with Gasteiger partial charge in [-0.2, -0.15) is 4.52 Å². The Morgan fingerprint density at radius 1 is 1.16 bits per heavy atom. The molecule has 1 aliphatic heterocycles. The first-order valence-electron chi connectivity index (χ1n) is 10.2. The summed E-state index contributed by atoms with van der Waals surface area (Å²) in [6.07, 6.45) is 1.52. The van der Waals surface area contributed by atoms with Gasteiger partial charge in [0, 0.05) is 26.2 Å². The number of piperazine rings is 1. The zero-order valence-electron chi connectivity index (χ0n) is 17.4. The lowest BCUT2D eigenvalue weighted by Gasteiger charge is -2.39. The van der Waals surface area contributed by atoms with Crippen LogP contribution in [0.25, 0.3) is 4.96 Å². The summed E-state index contributed by atoms with van der Waals surface area (Å²) in [6, 6.07) is 11.6. The van der Waals surface area contributed by atoms with E-state index in [2.05, 4.69) is 40.1 Å². The maximum absolute atomic E-state index is 12.6. The minimum absolute atomic E-state index is 0.0890. The molecular weight excluding hydrogens is 414 g/mol. The molecule has 0 saturated carbocycles. The van der Waals surface area contributed by atoms with Crippen LogP contribution < -0.4 is 0 Å². The molecule has 0 radical (unpaired) electrons. The van der Waals surface area contributed by atoms with E-state index in [0.717, 1.165) is 16.0 Å². The number of furan rings is 1. The lowest BCUT2D eigenvalue weighted by atomic mass is 10.0. The number of carbonyl (C=O) groups is 1. The molecule has 1 atom stereocenters. The molecule has 0 aliphatic carbocycles. The molecule has 0 spiro atoms. The third-order valence-corrected chi connectivity index (χ3v) is 6.68. The molecule has 0 bridgehead atoms. The Bertz CT molecular complexity index is 1220. The van der Waals surface area contributed by atoms with Crippen LogP contribution in [0.3, 0.4) is 0 Å². The molecule has 1 saturated heterocycles. The summed E-state index contributed by atoms with van der Waals surface area (Å²) in [5.41, 5.74) is 2.26. The number of thiazole rings is 1. The minimum Gasteiger partial charge on any atom is -0.492 e. The van der Waals surface area contributed by atoms with E-state index in [1.807, 2.05) is 17.9 Å². The Kier molecular flexibility index (Phi) is 4.99. The average Bonchev–Trinajstić information content (AvgIpc) is 3.48. The van der Waals surface area contributed by atoms with E-state index >= 15 is 0 Å². The first kappa shape index (κ1) is 19.8. The van der Waals surface area contributed by atoms with Gasteiger partial charge < -0.3 is 14.4 Å². The SMILES string of the molecule is Cc1cccc([C@@H](c2sc3nc(C)nn3c2O)N2CCN(C(=O)c3ccco3)CC2)c1. The number of hydrogen-bond donors (Lipinski definition) is 1. The molecule has 1 fully saturated rings. The maximum Gasteiger partial charge on any atom is 0.289 e. The quantitative estimate of drug-likeness (QED) is 0.527. The van der Waals surface area contributed by atoms with Crippen molar-refractivity contribution in [2.75, 3.05) is 26.2 Å². The Morgan fingerprint density at radius 2 is 1.97 bits per heavy atom. The van der Waals surface area contributed by atoms with Crippen molar-refractivity contribution in [3.63, 3.8) is 0 Å². The summed E-state index contributed by atoms with van der Waals surface area (Å²) in [5.74, 6) is 1.03. The summed E-state index contributed by atoms with van der Waals surface area (Å²) in [4.78, 5) is 22.7. The molecule has 160 valence electrons. The highest BCUT2D eigenvalue weighted by Gasteiger charge is 2.33. The van der Waals surface area contributed by atoms with Crippen LogP contribution >= 0.6 is 11.3 Å². The van der Waals surface area contributed by atoms with Crippen molar-refractivity contribution in [1.82, 2.24) is 24.4 Å². The summed E-state index contributed by atoms with van der Waals surface area (Å²) in [7, 11) is 0. The van der Waals surface area contributed by atoms with Crippen molar-refractivity contribution in [3.05, 3.63) is 70.3 Å². The third-order valence-electron chi connectivity index (χ3n) is 5.61. The number of rotatable bonds is 4. The number of aromatic hydroxyl groups is 1. The second-order valence-electron chi connectivity index (χ2n) is 7.77. The van der Waals surface area contributed by atoms with Crippen LogP contribution in [0.1, 0.15) is 38.4 Å². The Hall–Kier alpha value is -3.17. The molecule has 0 unspecified atom stereocenters.